The van der Waals surface area contributed by atoms with E-state index < -0.39 is 67.7 Å². The smallest absolute Gasteiger partial charge is 0.252 e. The molecule has 2 bridgehead atoms. The van der Waals surface area contributed by atoms with Crippen LogP contribution in [0.25, 0.3) is 0 Å². The number of carbonyl (C=O) groups is 6. The molecule has 16 heteroatoms. The number of benzene rings is 1. The molecule has 1 aromatic rings. The zero-order valence-electron chi connectivity index (χ0n) is 22.4. The van der Waals surface area contributed by atoms with Crippen molar-refractivity contribution in [2.75, 3.05) is 50.6 Å². The van der Waals surface area contributed by atoms with Gasteiger partial charge in [0.05, 0.1) is 38.7 Å². The lowest BCUT2D eigenvalue weighted by molar-refractivity contribution is -0.129. The van der Waals surface area contributed by atoms with Gasteiger partial charge in [-0.05, 0) is 35.9 Å². The molecular weight excluding hydrogens is 542 g/mol. The molecule has 10 N–H and O–H groups in total. The zero-order valence-corrected chi connectivity index (χ0v) is 23.2. The van der Waals surface area contributed by atoms with Gasteiger partial charge in [-0.15, -0.1) is 0 Å². The summed E-state index contributed by atoms with van der Waals surface area (Å²) in [4.78, 5) is 78.7. The standard InChI is InChI=1S/C24H35N9O6S/c1-40(2)13-14-5-6-15-8-16(14)22(38)31-11-20(36)29-9-18(34)28-10-19(35)30-12-21(37)33-17(23(39)32-15)4-3-7-27-24(25)26/h5-6,8,17H,3-4,7,9-13H2,1-2H3,(H9-,25,26,27,28,29,30,31,32,33,34,35,36,37,38,39)/p+1/t17-/m0/s1. The first kappa shape index (κ1) is 31.9. The van der Waals surface area contributed by atoms with Crippen molar-refractivity contribution in [1.82, 2.24) is 26.6 Å². The summed E-state index contributed by atoms with van der Waals surface area (Å²) in [5, 5.41) is 14.8. The number of nitrogens with one attached hydrogen (secondary N) is 6. The summed E-state index contributed by atoms with van der Waals surface area (Å²) in [6, 6.07) is 3.85. The summed E-state index contributed by atoms with van der Waals surface area (Å²) < 4.78 is 0. The van der Waals surface area contributed by atoms with E-state index in [0.717, 1.165) is 5.56 Å². The molecule has 2 rings (SSSR count). The molecule has 1 atom stereocenters. The summed E-state index contributed by atoms with van der Waals surface area (Å²) >= 11 is 0. The van der Waals surface area contributed by atoms with Crippen LogP contribution < -0.4 is 43.4 Å². The van der Waals surface area contributed by atoms with Crippen LogP contribution in [-0.4, -0.2) is 92.7 Å². The summed E-state index contributed by atoms with van der Waals surface area (Å²) in [6.07, 6.45) is 4.57. The van der Waals surface area contributed by atoms with Gasteiger partial charge in [0.2, 0.25) is 29.5 Å². The van der Waals surface area contributed by atoms with Gasteiger partial charge in [0.15, 0.2) is 5.96 Å². The van der Waals surface area contributed by atoms with Crippen molar-refractivity contribution in [2.45, 2.75) is 24.6 Å². The lowest BCUT2D eigenvalue weighted by atomic mass is 10.1. The van der Waals surface area contributed by atoms with E-state index in [1.165, 1.54) is 6.07 Å². The van der Waals surface area contributed by atoms with E-state index in [9.17, 15) is 28.8 Å². The van der Waals surface area contributed by atoms with Gasteiger partial charge >= 0.3 is 0 Å². The van der Waals surface area contributed by atoms with Gasteiger partial charge in [-0.2, -0.15) is 0 Å². The Labute approximate surface area is 234 Å². The fraction of sp³-hybridized carbons (Fsp3) is 0.458. The second kappa shape index (κ2) is 15.9. The van der Waals surface area contributed by atoms with E-state index in [4.69, 9.17) is 11.5 Å². The summed E-state index contributed by atoms with van der Waals surface area (Å²) in [7, 11) is -0.0512. The lowest BCUT2D eigenvalue weighted by Gasteiger charge is -2.19. The van der Waals surface area contributed by atoms with E-state index in [1.54, 1.807) is 12.1 Å². The van der Waals surface area contributed by atoms with Crippen LogP contribution >= 0.6 is 0 Å². The highest BCUT2D eigenvalue weighted by Gasteiger charge is 2.23. The minimum atomic E-state index is -1.01. The first-order valence-corrected chi connectivity index (χ1v) is 14.6. The van der Waals surface area contributed by atoms with Crippen LogP contribution in [0.1, 0.15) is 28.8 Å². The molecule has 0 aromatic heterocycles. The third-order valence-electron chi connectivity index (χ3n) is 5.41. The van der Waals surface area contributed by atoms with Gasteiger partial charge in [0.1, 0.15) is 11.8 Å². The number of amides is 6. The van der Waals surface area contributed by atoms with Crippen molar-refractivity contribution in [1.29, 1.82) is 0 Å². The van der Waals surface area contributed by atoms with E-state index in [1.807, 2.05) is 12.5 Å². The maximum Gasteiger partial charge on any atom is 0.252 e. The van der Waals surface area contributed by atoms with Crippen molar-refractivity contribution in [2.24, 2.45) is 16.5 Å². The molecule has 1 aliphatic heterocycles. The third kappa shape index (κ3) is 11.6. The number of aliphatic imine (C=N–C) groups is 1. The Kier molecular flexibility index (Phi) is 12.7. The molecule has 1 aliphatic rings. The highest BCUT2D eigenvalue weighted by Crippen LogP contribution is 2.19. The Bertz CT molecular complexity index is 1150. The molecule has 1 heterocycles. The highest BCUT2D eigenvalue weighted by atomic mass is 32.2. The summed E-state index contributed by atoms with van der Waals surface area (Å²) in [5.41, 5.74) is 12.0. The van der Waals surface area contributed by atoms with Gasteiger partial charge < -0.3 is 43.4 Å². The minimum absolute atomic E-state index is 0.0512. The van der Waals surface area contributed by atoms with Gasteiger partial charge in [0, 0.05) is 23.4 Å². The number of hydrogen-bond acceptors (Lipinski definition) is 7. The van der Waals surface area contributed by atoms with E-state index in [0.29, 0.717) is 17.9 Å². The molecule has 0 saturated carbocycles. The number of hydrogen-bond donors (Lipinski definition) is 8. The molecule has 1 aromatic carbocycles. The lowest BCUT2D eigenvalue weighted by Crippen LogP contribution is -2.49. The third-order valence-corrected chi connectivity index (χ3v) is 6.30. The van der Waals surface area contributed by atoms with Gasteiger partial charge in [-0.1, -0.05) is 6.07 Å². The molecule has 0 spiro atoms. The average molecular weight is 579 g/mol. The predicted octanol–water partition coefficient (Wildman–Crippen LogP) is -3.37. The second-order valence-electron chi connectivity index (χ2n) is 9.07. The van der Waals surface area contributed by atoms with Crippen molar-refractivity contribution in [3.63, 3.8) is 0 Å². The Hall–Kier alpha value is -4.34. The molecule has 0 aliphatic carbocycles. The maximum atomic E-state index is 13.2. The van der Waals surface area contributed by atoms with Crippen molar-refractivity contribution < 1.29 is 28.8 Å². The van der Waals surface area contributed by atoms with Crippen LogP contribution in [0.5, 0.6) is 0 Å². The second-order valence-corrected chi connectivity index (χ2v) is 11.3. The first-order valence-electron chi connectivity index (χ1n) is 12.4. The first-order chi connectivity index (χ1) is 18.9. The highest BCUT2D eigenvalue weighted by molar-refractivity contribution is 7.94. The average Bonchev–Trinajstić information content (AvgIpc) is 2.89. The van der Waals surface area contributed by atoms with Crippen LogP contribution in [0.3, 0.4) is 0 Å². The number of guanidine groups is 1. The van der Waals surface area contributed by atoms with Crippen molar-refractivity contribution in [3.8, 4) is 0 Å². The number of anilines is 1. The molecule has 40 heavy (non-hydrogen) atoms. The molecule has 15 nitrogen and oxygen atoms in total. The molecule has 0 saturated heterocycles. The number of rotatable bonds is 6. The van der Waals surface area contributed by atoms with E-state index >= 15 is 0 Å². The SMILES string of the molecule is C[S+](C)Cc1ccc2cc1C(=O)NCC(=O)NCC(=O)NCC(=O)NCC(=O)N[C@@H](CCCN=C(N)N)C(=O)N2. The van der Waals surface area contributed by atoms with Crippen molar-refractivity contribution >= 4 is 58.0 Å². The van der Waals surface area contributed by atoms with E-state index in [-0.39, 0.29) is 35.4 Å². The van der Waals surface area contributed by atoms with Crippen LogP contribution in [-0.2, 0) is 40.6 Å². The molecular formula is C24H36N9O6S+. The number of fused-ring (bicyclic) bond motifs is 2. The fourth-order valence-electron chi connectivity index (χ4n) is 3.53. The molecule has 218 valence electrons. The van der Waals surface area contributed by atoms with Gasteiger partial charge in [-0.3, -0.25) is 33.8 Å². The van der Waals surface area contributed by atoms with Crippen LogP contribution in [0.15, 0.2) is 23.2 Å². The summed E-state index contributed by atoms with van der Waals surface area (Å²) in [6.45, 7) is -1.46. The van der Waals surface area contributed by atoms with Crippen LogP contribution in [0.4, 0.5) is 5.69 Å². The number of nitrogens with two attached hydrogens (primary N) is 2. The van der Waals surface area contributed by atoms with Crippen LogP contribution in [0.2, 0.25) is 0 Å². The van der Waals surface area contributed by atoms with Gasteiger partial charge in [-0.25, -0.2) is 0 Å². The predicted molar refractivity (Wildman–Crippen MR) is 151 cm³/mol. The topological polar surface area (TPSA) is 239 Å². The number of nitrogens with zero attached hydrogens (tertiary/aromatic N) is 1. The molecule has 0 fully saturated rings. The quantitative estimate of drug-likeness (QED) is 0.0732. The van der Waals surface area contributed by atoms with Crippen molar-refractivity contribution in [3.05, 3.63) is 29.3 Å². The normalized spacial score (nSPS) is 17.9. The summed E-state index contributed by atoms with van der Waals surface area (Å²) in [5.74, 6) is -3.15. The fourth-order valence-corrected chi connectivity index (χ4v) is 4.40. The number of carbonyl (C=O) groups excluding carboxylic acids is 6. The Morgan fingerprint density at radius 1 is 0.875 bits per heavy atom. The Balaban J connectivity index is 2.33. The monoisotopic (exact) mass is 578 g/mol. The molecule has 0 radical (unpaired) electrons. The molecule has 6 amide bonds. The Morgan fingerprint density at radius 2 is 1.45 bits per heavy atom. The minimum Gasteiger partial charge on any atom is -0.370 e. The van der Waals surface area contributed by atoms with Gasteiger partial charge in [0.25, 0.3) is 5.91 Å². The Morgan fingerprint density at radius 3 is 2.02 bits per heavy atom. The maximum absolute atomic E-state index is 13.2. The van der Waals surface area contributed by atoms with Crippen LogP contribution in [0, 0.1) is 0 Å². The zero-order chi connectivity index (χ0) is 29.7. The van der Waals surface area contributed by atoms with E-state index in [2.05, 4.69) is 36.9 Å². The molecule has 0 unspecified atom stereocenters. The largest absolute Gasteiger partial charge is 0.370 e.